The Hall–Kier alpha value is -2.21. The third-order valence-corrected chi connectivity index (χ3v) is 2.96. The molecule has 112 valence electrons. The van der Waals surface area contributed by atoms with Crippen molar-refractivity contribution in [1.29, 1.82) is 0 Å². The molecule has 0 aliphatic heterocycles. The fraction of sp³-hybridized carbons (Fsp3) is 0.200. The number of hydrogen-bond donors (Lipinski definition) is 2. The maximum absolute atomic E-state index is 12.6. The summed E-state index contributed by atoms with van der Waals surface area (Å²) in [5.41, 5.74) is 5.53. The van der Waals surface area contributed by atoms with Gasteiger partial charge in [0.05, 0.1) is 0 Å². The molecule has 21 heavy (non-hydrogen) atoms. The molecular formula is C15H14F3NO2. The number of halogens is 3. The van der Waals surface area contributed by atoms with Crippen LogP contribution in [0.25, 0.3) is 0 Å². The van der Waals surface area contributed by atoms with Gasteiger partial charge in [0.2, 0.25) is 0 Å². The number of alkyl halides is 3. The van der Waals surface area contributed by atoms with Gasteiger partial charge in [-0.25, -0.2) is 0 Å². The molecule has 2 aromatic rings. The topological polar surface area (TPSA) is 55.5 Å². The van der Waals surface area contributed by atoms with Crippen LogP contribution in [0.3, 0.4) is 0 Å². The minimum atomic E-state index is -4.63. The third-order valence-electron chi connectivity index (χ3n) is 2.96. The van der Waals surface area contributed by atoms with Crippen molar-refractivity contribution < 1.29 is 23.0 Å². The van der Waals surface area contributed by atoms with Crippen LogP contribution in [-0.2, 0) is 6.61 Å². The number of benzene rings is 2. The Labute approximate surface area is 119 Å². The van der Waals surface area contributed by atoms with E-state index < -0.39 is 23.5 Å². The predicted octanol–water partition coefficient (Wildman–Crippen LogP) is 3.53. The summed E-state index contributed by atoms with van der Waals surface area (Å²) in [5.74, 6) is -0.616. The highest BCUT2D eigenvalue weighted by atomic mass is 19.4. The molecule has 3 nitrogen and oxygen atoms in total. The Morgan fingerprint density at radius 2 is 1.71 bits per heavy atom. The molecule has 0 aliphatic carbocycles. The van der Waals surface area contributed by atoms with E-state index in [-0.39, 0.29) is 12.4 Å². The van der Waals surface area contributed by atoms with Crippen molar-refractivity contribution in [2.75, 3.05) is 0 Å². The van der Waals surface area contributed by atoms with E-state index in [2.05, 4.69) is 0 Å². The lowest BCUT2D eigenvalue weighted by Crippen LogP contribution is -2.28. The summed E-state index contributed by atoms with van der Waals surface area (Å²) in [7, 11) is 0. The molecule has 0 heterocycles. The fourth-order valence-corrected chi connectivity index (χ4v) is 1.82. The third kappa shape index (κ3) is 3.66. The van der Waals surface area contributed by atoms with Crippen molar-refractivity contribution in [2.45, 2.75) is 18.8 Å². The second-order valence-corrected chi connectivity index (χ2v) is 4.49. The minimum absolute atomic E-state index is 0.0314. The SMILES string of the molecule is N[C@@H](c1cccc(OCc2ccccc2)c1O)C(F)(F)F. The van der Waals surface area contributed by atoms with E-state index in [1.807, 2.05) is 30.3 Å². The number of para-hydroxylation sites is 1. The van der Waals surface area contributed by atoms with E-state index in [1.165, 1.54) is 12.1 Å². The molecule has 0 spiro atoms. The van der Waals surface area contributed by atoms with E-state index in [9.17, 15) is 18.3 Å². The summed E-state index contributed by atoms with van der Waals surface area (Å²) >= 11 is 0. The fourth-order valence-electron chi connectivity index (χ4n) is 1.82. The molecule has 2 rings (SSSR count). The van der Waals surface area contributed by atoms with Gasteiger partial charge in [0.15, 0.2) is 11.5 Å². The van der Waals surface area contributed by atoms with E-state index in [1.54, 1.807) is 0 Å². The number of rotatable bonds is 4. The van der Waals surface area contributed by atoms with Gasteiger partial charge in [0.25, 0.3) is 0 Å². The molecule has 0 radical (unpaired) electrons. The summed E-state index contributed by atoms with van der Waals surface area (Å²) in [6.45, 7) is 0.138. The van der Waals surface area contributed by atoms with Crippen LogP contribution >= 0.6 is 0 Å². The van der Waals surface area contributed by atoms with Crippen LogP contribution in [0.2, 0.25) is 0 Å². The molecule has 6 heteroatoms. The lowest BCUT2D eigenvalue weighted by atomic mass is 10.1. The van der Waals surface area contributed by atoms with Crippen LogP contribution in [0.1, 0.15) is 17.2 Å². The van der Waals surface area contributed by atoms with Crippen LogP contribution in [-0.4, -0.2) is 11.3 Å². The maximum atomic E-state index is 12.6. The average molecular weight is 297 g/mol. The summed E-state index contributed by atoms with van der Waals surface area (Å²) < 4.78 is 43.2. The average Bonchev–Trinajstić information content (AvgIpc) is 2.45. The van der Waals surface area contributed by atoms with Crippen LogP contribution in [0.4, 0.5) is 13.2 Å². The predicted molar refractivity (Wildman–Crippen MR) is 71.9 cm³/mol. The Morgan fingerprint density at radius 1 is 1.05 bits per heavy atom. The molecule has 0 aliphatic rings. The zero-order valence-corrected chi connectivity index (χ0v) is 11.0. The summed E-state index contributed by atoms with van der Waals surface area (Å²) in [6.07, 6.45) is -4.63. The van der Waals surface area contributed by atoms with E-state index in [0.29, 0.717) is 0 Å². The molecule has 0 bridgehead atoms. The standard InChI is InChI=1S/C15H14F3NO2/c16-15(17,18)14(19)11-7-4-8-12(13(11)20)21-9-10-5-2-1-3-6-10/h1-8,14,20H,9,19H2/t14-/m0/s1. The van der Waals surface area contributed by atoms with E-state index >= 15 is 0 Å². The van der Waals surface area contributed by atoms with Crippen molar-refractivity contribution in [1.82, 2.24) is 0 Å². The Balaban J connectivity index is 2.18. The highest BCUT2D eigenvalue weighted by Crippen LogP contribution is 2.39. The number of ether oxygens (including phenoxy) is 1. The monoisotopic (exact) mass is 297 g/mol. The van der Waals surface area contributed by atoms with Crippen LogP contribution in [0.5, 0.6) is 11.5 Å². The second-order valence-electron chi connectivity index (χ2n) is 4.49. The zero-order chi connectivity index (χ0) is 15.5. The van der Waals surface area contributed by atoms with Gasteiger partial charge in [-0.3, -0.25) is 0 Å². The normalized spacial score (nSPS) is 13.0. The van der Waals surface area contributed by atoms with E-state index in [4.69, 9.17) is 10.5 Å². The summed E-state index contributed by atoms with van der Waals surface area (Å²) in [5, 5.41) is 9.90. The molecule has 2 aromatic carbocycles. The van der Waals surface area contributed by atoms with Gasteiger partial charge in [-0.05, 0) is 11.6 Å². The van der Waals surface area contributed by atoms with Gasteiger partial charge in [0.1, 0.15) is 12.6 Å². The Morgan fingerprint density at radius 3 is 2.33 bits per heavy atom. The Kier molecular flexibility index (Phi) is 4.37. The zero-order valence-electron chi connectivity index (χ0n) is 11.0. The number of phenols is 1. The molecular weight excluding hydrogens is 283 g/mol. The van der Waals surface area contributed by atoms with Gasteiger partial charge < -0.3 is 15.6 Å². The number of hydrogen-bond acceptors (Lipinski definition) is 3. The highest BCUT2D eigenvalue weighted by Gasteiger charge is 2.39. The van der Waals surface area contributed by atoms with Gasteiger partial charge in [-0.2, -0.15) is 13.2 Å². The molecule has 0 saturated carbocycles. The molecule has 0 amide bonds. The molecule has 0 fully saturated rings. The quantitative estimate of drug-likeness (QED) is 0.907. The maximum Gasteiger partial charge on any atom is 0.407 e. The second kappa shape index (κ2) is 6.05. The van der Waals surface area contributed by atoms with Crippen LogP contribution in [0.15, 0.2) is 48.5 Å². The molecule has 3 N–H and O–H groups in total. The number of phenolic OH excluding ortho intramolecular Hbond substituents is 1. The number of aromatic hydroxyl groups is 1. The van der Waals surface area contributed by atoms with Gasteiger partial charge in [-0.15, -0.1) is 0 Å². The van der Waals surface area contributed by atoms with Gasteiger partial charge in [-0.1, -0.05) is 42.5 Å². The highest BCUT2D eigenvalue weighted by molar-refractivity contribution is 5.47. The lowest BCUT2D eigenvalue weighted by Gasteiger charge is -2.18. The molecule has 0 unspecified atom stereocenters. The van der Waals surface area contributed by atoms with Crippen molar-refractivity contribution in [3.8, 4) is 11.5 Å². The summed E-state index contributed by atoms with van der Waals surface area (Å²) in [4.78, 5) is 0. The molecule has 1 atom stereocenters. The van der Waals surface area contributed by atoms with Crippen molar-refractivity contribution in [3.05, 3.63) is 59.7 Å². The van der Waals surface area contributed by atoms with Crippen molar-refractivity contribution in [3.63, 3.8) is 0 Å². The largest absolute Gasteiger partial charge is 0.504 e. The lowest BCUT2D eigenvalue weighted by molar-refractivity contribution is -0.149. The first-order valence-electron chi connectivity index (χ1n) is 6.20. The van der Waals surface area contributed by atoms with Crippen LogP contribution < -0.4 is 10.5 Å². The first-order chi connectivity index (χ1) is 9.89. The van der Waals surface area contributed by atoms with Crippen molar-refractivity contribution in [2.24, 2.45) is 5.73 Å². The molecule has 0 saturated heterocycles. The van der Waals surface area contributed by atoms with E-state index in [0.717, 1.165) is 11.6 Å². The van der Waals surface area contributed by atoms with Crippen LogP contribution in [0, 0.1) is 0 Å². The minimum Gasteiger partial charge on any atom is -0.504 e. The smallest absolute Gasteiger partial charge is 0.407 e. The first-order valence-corrected chi connectivity index (χ1v) is 6.20. The number of nitrogens with two attached hydrogens (primary N) is 1. The Bertz CT molecular complexity index is 600. The van der Waals surface area contributed by atoms with Gasteiger partial charge >= 0.3 is 6.18 Å². The first kappa shape index (κ1) is 15.2. The molecule has 0 aromatic heterocycles. The van der Waals surface area contributed by atoms with Gasteiger partial charge in [0, 0.05) is 5.56 Å². The summed E-state index contributed by atoms with van der Waals surface area (Å²) in [6, 6.07) is 10.7. The van der Waals surface area contributed by atoms with Crippen molar-refractivity contribution >= 4 is 0 Å².